The van der Waals surface area contributed by atoms with Crippen molar-refractivity contribution in [2.45, 2.75) is 65.1 Å². The van der Waals surface area contributed by atoms with Crippen molar-refractivity contribution in [2.75, 3.05) is 26.4 Å². The van der Waals surface area contributed by atoms with Crippen LogP contribution in [0.1, 0.15) is 58.8 Å². The van der Waals surface area contributed by atoms with Crippen LogP contribution in [0.5, 0.6) is 0 Å². The Morgan fingerprint density at radius 2 is 2.03 bits per heavy atom. The van der Waals surface area contributed by atoms with E-state index in [2.05, 4.69) is 19.6 Å². The van der Waals surface area contributed by atoms with E-state index in [-0.39, 0.29) is 24.8 Å². The summed E-state index contributed by atoms with van der Waals surface area (Å²) in [6.45, 7) is 9.24. The topological polar surface area (TPSA) is 80.3 Å². The van der Waals surface area contributed by atoms with Crippen LogP contribution >= 0.6 is 0 Å². The van der Waals surface area contributed by atoms with Crippen molar-refractivity contribution in [1.29, 1.82) is 0 Å². The summed E-state index contributed by atoms with van der Waals surface area (Å²) in [6, 6.07) is 0. The van der Waals surface area contributed by atoms with Gasteiger partial charge < -0.3 is 23.7 Å². The summed E-state index contributed by atoms with van der Waals surface area (Å²) in [5.74, 6) is 0.979. The average molecular weight is 449 g/mol. The Balaban J connectivity index is 1.61. The first-order chi connectivity index (χ1) is 15.5. The molecule has 1 fully saturated rings. The molecule has 0 bridgehead atoms. The summed E-state index contributed by atoms with van der Waals surface area (Å²) in [4.78, 5) is 23.0. The number of carbonyl (C=O) groups excluding carboxylic acids is 2. The van der Waals surface area contributed by atoms with Crippen molar-refractivity contribution in [3.05, 3.63) is 48.0 Å². The van der Waals surface area contributed by atoms with Crippen molar-refractivity contribution in [1.82, 2.24) is 0 Å². The minimum absolute atomic E-state index is 0.120. The zero-order valence-electron chi connectivity index (χ0n) is 19.3. The van der Waals surface area contributed by atoms with Crippen LogP contribution in [0.4, 0.5) is 0 Å². The first-order valence-electron chi connectivity index (χ1n) is 11.4. The molecule has 0 amide bonds. The fraction of sp³-hybridized carbons (Fsp3) is 0.600. The number of unbranched alkanes of at least 4 members (excludes halogenated alkanes) is 2. The van der Waals surface area contributed by atoms with Crippen molar-refractivity contribution in [2.24, 2.45) is 5.92 Å². The molecule has 2 unspecified atom stereocenters. The second-order valence-electron chi connectivity index (χ2n) is 7.86. The molecule has 1 saturated heterocycles. The van der Waals surface area contributed by atoms with Crippen LogP contribution in [-0.4, -0.2) is 44.7 Å². The SMILES string of the molecule is C=CC(=O)OCCOCCCCCC(=O)OC1=CC=C(OC2OCCC/C2=C/C)C(C)C1. The average Bonchev–Trinajstić information content (AvgIpc) is 2.79. The van der Waals surface area contributed by atoms with Crippen LogP contribution in [-0.2, 0) is 33.3 Å². The van der Waals surface area contributed by atoms with Gasteiger partial charge in [0.25, 0.3) is 0 Å². The molecule has 2 rings (SSSR count). The first kappa shape index (κ1) is 25.9. The first-order valence-corrected chi connectivity index (χ1v) is 11.4. The molecule has 32 heavy (non-hydrogen) atoms. The smallest absolute Gasteiger partial charge is 0.330 e. The molecule has 0 aromatic rings. The van der Waals surface area contributed by atoms with Crippen molar-refractivity contribution < 1.29 is 33.3 Å². The predicted octanol–water partition coefficient (Wildman–Crippen LogP) is 4.74. The van der Waals surface area contributed by atoms with E-state index >= 15 is 0 Å². The second-order valence-corrected chi connectivity index (χ2v) is 7.86. The Morgan fingerprint density at radius 1 is 1.19 bits per heavy atom. The van der Waals surface area contributed by atoms with Crippen LogP contribution in [0.15, 0.2) is 48.0 Å². The normalized spacial score (nSPS) is 22.0. The number of ether oxygens (including phenoxy) is 5. The maximum absolute atomic E-state index is 12.1. The van der Waals surface area contributed by atoms with E-state index < -0.39 is 5.97 Å². The number of hydrogen-bond acceptors (Lipinski definition) is 7. The number of esters is 2. The highest BCUT2D eigenvalue weighted by Gasteiger charge is 2.26. The summed E-state index contributed by atoms with van der Waals surface area (Å²) in [5, 5.41) is 0. The molecule has 2 atom stereocenters. The Morgan fingerprint density at radius 3 is 2.78 bits per heavy atom. The van der Waals surface area contributed by atoms with E-state index in [9.17, 15) is 9.59 Å². The molecule has 1 aliphatic carbocycles. The minimum atomic E-state index is -0.449. The Kier molecular flexibility index (Phi) is 11.8. The van der Waals surface area contributed by atoms with Crippen molar-refractivity contribution in [3.8, 4) is 0 Å². The van der Waals surface area contributed by atoms with Gasteiger partial charge in [0.1, 0.15) is 18.1 Å². The van der Waals surface area contributed by atoms with Crippen LogP contribution in [0.25, 0.3) is 0 Å². The molecular formula is C25H36O7. The summed E-state index contributed by atoms with van der Waals surface area (Å²) in [5.41, 5.74) is 1.17. The van der Waals surface area contributed by atoms with Gasteiger partial charge in [-0.25, -0.2) is 4.79 Å². The molecular weight excluding hydrogens is 412 g/mol. The third kappa shape index (κ3) is 9.40. The molecule has 7 nitrogen and oxygen atoms in total. The van der Waals surface area contributed by atoms with Gasteiger partial charge in [-0.15, -0.1) is 0 Å². The third-order valence-corrected chi connectivity index (χ3v) is 5.28. The minimum Gasteiger partial charge on any atom is -0.465 e. The van der Waals surface area contributed by atoms with Gasteiger partial charge in [-0.05, 0) is 50.3 Å². The highest BCUT2D eigenvalue weighted by Crippen LogP contribution is 2.31. The van der Waals surface area contributed by atoms with Gasteiger partial charge in [0.05, 0.1) is 13.2 Å². The summed E-state index contributed by atoms with van der Waals surface area (Å²) in [6.07, 6.45) is 12.0. The van der Waals surface area contributed by atoms with Crippen molar-refractivity contribution >= 4 is 11.9 Å². The van der Waals surface area contributed by atoms with Gasteiger partial charge in [-0.3, -0.25) is 4.79 Å². The molecule has 1 heterocycles. The van der Waals surface area contributed by atoms with E-state index in [1.165, 1.54) is 5.57 Å². The van der Waals surface area contributed by atoms with Crippen LogP contribution < -0.4 is 0 Å². The number of carbonyl (C=O) groups is 2. The fourth-order valence-electron chi connectivity index (χ4n) is 3.46. The molecule has 0 spiro atoms. The van der Waals surface area contributed by atoms with Gasteiger partial charge in [0.15, 0.2) is 0 Å². The largest absolute Gasteiger partial charge is 0.465 e. The van der Waals surface area contributed by atoms with Crippen LogP contribution in [0.2, 0.25) is 0 Å². The van der Waals surface area contributed by atoms with E-state index in [0.29, 0.717) is 38.4 Å². The molecule has 0 N–H and O–H groups in total. The Labute approximate surface area is 191 Å². The monoisotopic (exact) mass is 448 g/mol. The molecule has 0 aromatic heterocycles. The van der Waals surface area contributed by atoms with E-state index in [1.807, 2.05) is 19.1 Å². The van der Waals surface area contributed by atoms with Crippen molar-refractivity contribution in [3.63, 3.8) is 0 Å². The maximum atomic E-state index is 12.1. The van der Waals surface area contributed by atoms with E-state index in [4.69, 9.17) is 23.7 Å². The fourth-order valence-corrected chi connectivity index (χ4v) is 3.46. The van der Waals surface area contributed by atoms with Gasteiger partial charge in [-0.1, -0.05) is 26.0 Å². The quantitative estimate of drug-likeness (QED) is 0.174. The molecule has 7 heteroatoms. The lowest BCUT2D eigenvalue weighted by Crippen LogP contribution is -2.27. The Hall–Kier alpha value is -2.38. The van der Waals surface area contributed by atoms with E-state index in [1.54, 1.807) is 0 Å². The highest BCUT2D eigenvalue weighted by molar-refractivity contribution is 5.81. The van der Waals surface area contributed by atoms with Gasteiger partial charge >= 0.3 is 11.9 Å². The molecule has 0 radical (unpaired) electrons. The lowest BCUT2D eigenvalue weighted by Gasteiger charge is -2.30. The summed E-state index contributed by atoms with van der Waals surface area (Å²) in [7, 11) is 0. The van der Waals surface area contributed by atoms with Gasteiger partial charge in [0, 0.05) is 31.4 Å². The predicted molar refractivity (Wildman–Crippen MR) is 120 cm³/mol. The number of hydrogen-bond donors (Lipinski definition) is 0. The van der Waals surface area contributed by atoms with Gasteiger partial charge in [0.2, 0.25) is 6.29 Å². The summed E-state index contributed by atoms with van der Waals surface area (Å²) >= 11 is 0. The lowest BCUT2D eigenvalue weighted by atomic mass is 9.99. The molecule has 0 saturated carbocycles. The third-order valence-electron chi connectivity index (χ3n) is 5.28. The second kappa shape index (κ2) is 14.6. The molecule has 0 aromatic carbocycles. The standard InChI is InChI=1S/C25H36O7/c1-4-20-10-9-15-30-25(20)32-22-13-12-21(18-19(22)3)31-24(27)11-7-6-8-14-28-16-17-29-23(26)5-2/h4-5,12-13,19,25H,2,6-11,14-18H2,1,3H3/b20-4-. The Bertz CT molecular complexity index is 720. The summed E-state index contributed by atoms with van der Waals surface area (Å²) < 4.78 is 27.6. The molecule has 1 aliphatic heterocycles. The molecule has 2 aliphatic rings. The van der Waals surface area contributed by atoms with E-state index in [0.717, 1.165) is 43.9 Å². The van der Waals surface area contributed by atoms with Crippen LogP contribution in [0, 0.1) is 5.92 Å². The lowest BCUT2D eigenvalue weighted by molar-refractivity contribution is -0.140. The maximum Gasteiger partial charge on any atom is 0.330 e. The van der Waals surface area contributed by atoms with Crippen LogP contribution in [0.3, 0.4) is 0 Å². The molecule has 178 valence electrons. The zero-order chi connectivity index (χ0) is 23.2. The number of allylic oxidation sites excluding steroid dienone is 5. The van der Waals surface area contributed by atoms with Gasteiger partial charge in [-0.2, -0.15) is 0 Å². The number of rotatable bonds is 13. The highest BCUT2D eigenvalue weighted by atomic mass is 16.7. The zero-order valence-corrected chi connectivity index (χ0v) is 19.3.